The van der Waals surface area contributed by atoms with Gasteiger partial charge in [0.15, 0.2) is 23.2 Å². The Morgan fingerprint density at radius 1 is 1.45 bits per heavy atom. The average Bonchev–Trinajstić information content (AvgIpc) is 2.40. The van der Waals surface area contributed by atoms with E-state index in [9.17, 15) is 8.78 Å². The maximum absolute atomic E-state index is 13.9. The third-order valence-electron chi connectivity index (χ3n) is 3.34. The van der Waals surface area contributed by atoms with Crippen molar-refractivity contribution < 1.29 is 13.5 Å². The fourth-order valence-corrected chi connectivity index (χ4v) is 1.89. The molecule has 1 aromatic rings. The highest BCUT2D eigenvalue weighted by Gasteiger charge is 2.20. The van der Waals surface area contributed by atoms with Crippen LogP contribution in [0.3, 0.4) is 0 Å². The van der Waals surface area contributed by atoms with Crippen molar-refractivity contribution in [1.29, 1.82) is 10.7 Å². The van der Waals surface area contributed by atoms with Crippen LogP contribution in [0.1, 0.15) is 19.3 Å². The van der Waals surface area contributed by atoms with Crippen LogP contribution in [0.2, 0.25) is 0 Å². The highest BCUT2D eigenvalue weighted by atomic mass is 19.1. The minimum absolute atomic E-state index is 0.0139. The van der Waals surface area contributed by atoms with E-state index in [1.165, 1.54) is 0 Å². The molecule has 0 heterocycles. The zero-order valence-electron chi connectivity index (χ0n) is 11.7. The van der Waals surface area contributed by atoms with Gasteiger partial charge in [0.25, 0.3) is 0 Å². The van der Waals surface area contributed by atoms with Gasteiger partial charge in [0.2, 0.25) is 5.71 Å². The number of nitriles is 1. The highest BCUT2D eigenvalue weighted by molar-refractivity contribution is 6.45. The maximum atomic E-state index is 13.9. The van der Waals surface area contributed by atoms with Crippen LogP contribution < -0.4 is 15.9 Å². The SMILES string of the molecule is N#C/C(=N\Nc1cc(F)c(OCC2CCC2)c(F)c1)C(=N)N. The molecule has 0 spiro atoms. The van der Waals surface area contributed by atoms with Crippen LogP contribution in [0.4, 0.5) is 14.5 Å². The van der Waals surface area contributed by atoms with E-state index in [-0.39, 0.29) is 11.4 Å². The van der Waals surface area contributed by atoms with Crippen molar-refractivity contribution in [2.75, 3.05) is 12.0 Å². The summed E-state index contributed by atoms with van der Waals surface area (Å²) < 4.78 is 32.9. The van der Waals surface area contributed by atoms with E-state index in [1.807, 2.05) is 0 Å². The van der Waals surface area contributed by atoms with Gasteiger partial charge in [-0.1, -0.05) is 6.42 Å². The molecule has 0 saturated heterocycles. The zero-order valence-corrected chi connectivity index (χ0v) is 11.7. The third kappa shape index (κ3) is 3.69. The van der Waals surface area contributed by atoms with E-state index < -0.39 is 23.2 Å². The summed E-state index contributed by atoms with van der Waals surface area (Å²) in [5, 5.41) is 19.2. The fraction of sp³-hybridized carbons (Fsp3) is 0.357. The Morgan fingerprint density at radius 2 is 2.09 bits per heavy atom. The molecule has 1 fully saturated rings. The molecule has 2 rings (SSSR count). The summed E-state index contributed by atoms with van der Waals surface area (Å²) in [6.07, 6.45) is 3.15. The zero-order chi connectivity index (χ0) is 16.1. The number of nitrogens with two attached hydrogens (primary N) is 1. The first-order chi connectivity index (χ1) is 10.5. The van der Waals surface area contributed by atoms with Gasteiger partial charge in [-0.3, -0.25) is 10.8 Å². The van der Waals surface area contributed by atoms with Crippen molar-refractivity contribution in [1.82, 2.24) is 0 Å². The Bertz CT molecular complexity index is 626. The molecule has 1 aliphatic rings. The van der Waals surface area contributed by atoms with Crippen molar-refractivity contribution in [2.24, 2.45) is 16.8 Å². The molecule has 0 aliphatic heterocycles. The molecule has 0 amide bonds. The van der Waals surface area contributed by atoms with Crippen LogP contribution in [-0.2, 0) is 0 Å². The number of hydrogen-bond acceptors (Lipinski definition) is 5. The monoisotopic (exact) mass is 307 g/mol. The van der Waals surface area contributed by atoms with E-state index in [0.717, 1.165) is 31.4 Å². The summed E-state index contributed by atoms with van der Waals surface area (Å²) in [4.78, 5) is 0. The van der Waals surface area contributed by atoms with E-state index in [1.54, 1.807) is 6.07 Å². The molecule has 0 radical (unpaired) electrons. The second kappa shape index (κ2) is 6.85. The molecule has 0 bridgehead atoms. The van der Waals surface area contributed by atoms with Crippen LogP contribution >= 0.6 is 0 Å². The number of rotatable bonds is 6. The number of amidine groups is 1. The van der Waals surface area contributed by atoms with Crippen molar-refractivity contribution in [2.45, 2.75) is 19.3 Å². The number of halogens is 2. The van der Waals surface area contributed by atoms with E-state index in [2.05, 4.69) is 10.5 Å². The number of ether oxygens (including phenoxy) is 1. The van der Waals surface area contributed by atoms with Crippen molar-refractivity contribution in [3.8, 4) is 11.8 Å². The van der Waals surface area contributed by atoms with Gasteiger partial charge in [0.1, 0.15) is 6.07 Å². The van der Waals surface area contributed by atoms with Crippen molar-refractivity contribution in [3.63, 3.8) is 0 Å². The summed E-state index contributed by atoms with van der Waals surface area (Å²) in [5.74, 6) is -2.34. The number of anilines is 1. The van der Waals surface area contributed by atoms with Gasteiger partial charge in [-0.15, -0.1) is 0 Å². The minimum Gasteiger partial charge on any atom is -0.487 e. The van der Waals surface area contributed by atoms with Gasteiger partial charge < -0.3 is 10.5 Å². The molecule has 6 nitrogen and oxygen atoms in total. The normalized spacial score (nSPS) is 14.9. The van der Waals surface area contributed by atoms with Gasteiger partial charge >= 0.3 is 0 Å². The number of nitrogens with one attached hydrogen (secondary N) is 2. The summed E-state index contributed by atoms with van der Waals surface area (Å²) in [5.41, 5.74) is 6.99. The summed E-state index contributed by atoms with van der Waals surface area (Å²) in [6, 6.07) is 3.58. The van der Waals surface area contributed by atoms with E-state index >= 15 is 0 Å². The lowest BCUT2D eigenvalue weighted by atomic mass is 9.86. The Labute approximate surface area is 126 Å². The average molecular weight is 307 g/mol. The summed E-state index contributed by atoms with van der Waals surface area (Å²) in [7, 11) is 0. The van der Waals surface area contributed by atoms with Crippen LogP contribution in [-0.4, -0.2) is 18.2 Å². The first-order valence-corrected chi connectivity index (χ1v) is 6.71. The molecular weight excluding hydrogens is 292 g/mol. The molecule has 1 saturated carbocycles. The number of hydrogen-bond donors (Lipinski definition) is 3. The Balaban J connectivity index is 2.08. The molecule has 116 valence electrons. The second-order valence-corrected chi connectivity index (χ2v) is 4.97. The Kier molecular flexibility index (Phi) is 4.88. The summed E-state index contributed by atoms with van der Waals surface area (Å²) >= 11 is 0. The quantitative estimate of drug-likeness (QED) is 0.426. The number of hydrazone groups is 1. The molecule has 1 aromatic carbocycles. The van der Waals surface area contributed by atoms with Crippen LogP contribution in [0.15, 0.2) is 17.2 Å². The molecule has 1 aliphatic carbocycles. The molecule has 22 heavy (non-hydrogen) atoms. The van der Waals surface area contributed by atoms with Crippen LogP contribution in [0.5, 0.6) is 5.75 Å². The largest absolute Gasteiger partial charge is 0.487 e. The van der Waals surface area contributed by atoms with E-state index in [0.29, 0.717) is 12.5 Å². The van der Waals surface area contributed by atoms with Gasteiger partial charge in [-0.25, -0.2) is 8.78 Å². The molecule has 0 aromatic heterocycles. The standard InChI is InChI=1S/C14H15F2N5O/c15-10-4-9(20-21-12(6-17)14(18)19)5-11(16)13(10)22-7-8-2-1-3-8/h4-5,8,20H,1-3,7H2,(H3,18,19)/b21-12+. The fourth-order valence-electron chi connectivity index (χ4n) is 1.89. The second-order valence-electron chi connectivity index (χ2n) is 4.97. The predicted molar refractivity (Wildman–Crippen MR) is 77.8 cm³/mol. The lowest BCUT2D eigenvalue weighted by Gasteiger charge is -2.25. The molecule has 0 unspecified atom stereocenters. The highest BCUT2D eigenvalue weighted by Crippen LogP contribution is 2.30. The molecule has 0 atom stereocenters. The number of benzene rings is 1. The first-order valence-electron chi connectivity index (χ1n) is 6.71. The minimum atomic E-state index is -0.863. The maximum Gasteiger partial charge on any atom is 0.201 e. The molecule has 4 N–H and O–H groups in total. The van der Waals surface area contributed by atoms with Crippen molar-refractivity contribution in [3.05, 3.63) is 23.8 Å². The first kappa shape index (κ1) is 15.7. The van der Waals surface area contributed by atoms with Crippen molar-refractivity contribution >= 4 is 17.2 Å². The van der Waals surface area contributed by atoms with Gasteiger partial charge in [0, 0.05) is 12.1 Å². The van der Waals surface area contributed by atoms with Crippen LogP contribution in [0.25, 0.3) is 0 Å². The lowest BCUT2D eigenvalue weighted by Crippen LogP contribution is -2.22. The topological polar surface area (TPSA) is 107 Å². The smallest absolute Gasteiger partial charge is 0.201 e. The molecule has 8 heteroatoms. The predicted octanol–water partition coefficient (Wildman–Crippen LogP) is 2.37. The Hall–Kier alpha value is -2.69. The third-order valence-corrected chi connectivity index (χ3v) is 3.34. The lowest BCUT2D eigenvalue weighted by molar-refractivity contribution is 0.170. The van der Waals surface area contributed by atoms with Gasteiger partial charge in [-0.2, -0.15) is 10.4 Å². The van der Waals surface area contributed by atoms with Gasteiger partial charge in [-0.05, 0) is 18.8 Å². The Morgan fingerprint density at radius 3 is 2.55 bits per heavy atom. The van der Waals surface area contributed by atoms with Crippen LogP contribution in [0, 0.1) is 34.3 Å². The van der Waals surface area contributed by atoms with E-state index in [4.69, 9.17) is 21.1 Å². The summed E-state index contributed by atoms with van der Waals surface area (Å²) in [6.45, 7) is 0.293. The molecular formula is C14H15F2N5O. The number of nitrogens with zero attached hydrogens (tertiary/aromatic N) is 2. The van der Waals surface area contributed by atoms with Gasteiger partial charge in [0.05, 0.1) is 12.3 Å².